The van der Waals surface area contributed by atoms with Crippen molar-refractivity contribution < 1.29 is 25.4 Å². The van der Waals surface area contributed by atoms with Crippen molar-refractivity contribution in [1.82, 2.24) is 0 Å². The number of aliphatic hydroxyl groups is 2. The molecular weight excluding hydrogens is 116 g/mol. The van der Waals surface area contributed by atoms with Crippen LogP contribution in [0.25, 0.3) is 0 Å². The van der Waals surface area contributed by atoms with Gasteiger partial charge in [-0.25, -0.2) is 10.1 Å². The molecule has 0 aromatic rings. The van der Waals surface area contributed by atoms with Crippen molar-refractivity contribution in [3.63, 3.8) is 0 Å². The Labute approximate surface area is 45.9 Å². The Hall–Kier alpha value is -0.200. The zero-order valence-corrected chi connectivity index (χ0v) is 4.15. The Bertz CT molecular complexity index is 46.9. The highest BCUT2D eigenvalue weighted by Crippen LogP contribution is 1.81. The Kier molecular flexibility index (Phi) is 4.82. The van der Waals surface area contributed by atoms with E-state index in [-0.39, 0.29) is 6.61 Å². The molecule has 0 amide bonds. The fourth-order valence-corrected chi connectivity index (χ4v) is 0.162. The highest BCUT2D eigenvalue weighted by molar-refractivity contribution is 4.45. The lowest BCUT2D eigenvalue weighted by atomic mass is 10.4. The smallest absolute Gasteiger partial charge is 0.113 e. The topological polar surface area (TPSA) is 79.2 Å². The van der Waals surface area contributed by atoms with Crippen LogP contribution >= 0.6 is 0 Å². The van der Waals surface area contributed by atoms with E-state index >= 15 is 0 Å². The minimum atomic E-state index is -0.998. The molecule has 0 aliphatic heterocycles. The van der Waals surface area contributed by atoms with Gasteiger partial charge in [0.25, 0.3) is 0 Å². The van der Waals surface area contributed by atoms with E-state index in [1.807, 2.05) is 0 Å². The van der Waals surface area contributed by atoms with Gasteiger partial charge in [-0.05, 0) is 0 Å². The van der Waals surface area contributed by atoms with Gasteiger partial charge in [0.05, 0.1) is 6.61 Å². The molecule has 0 heterocycles. The molecule has 5 heteroatoms. The predicted octanol–water partition coefficient (Wildman–Crippen LogP) is -1.24. The van der Waals surface area contributed by atoms with Gasteiger partial charge in [-0.2, -0.15) is 0 Å². The molecule has 0 aromatic carbocycles. The van der Waals surface area contributed by atoms with Crippen molar-refractivity contribution in [3.05, 3.63) is 0 Å². The Morgan fingerprint density at radius 2 is 2.12 bits per heavy atom. The molecule has 3 N–H and O–H groups in total. The second-order valence-corrected chi connectivity index (χ2v) is 1.20. The van der Waals surface area contributed by atoms with E-state index in [4.69, 9.17) is 15.5 Å². The second-order valence-electron chi connectivity index (χ2n) is 1.20. The van der Waals surface area contributed by atoms with Gasteiger partial charge in [0, 0.05) is 0 Å². The first-order chi connectivity index (χ1) is 3.81. The number of hydrogen-bond acceptors (Lipinski definition) is 5. The largest absolute Gasteiger partial charge is 0.394 e. The summed E-state index contributed by atoms with van der Waals surface area (Å²) in [5.41, 5.74) is 0. The van der Waals surface area contributed by atoms with Crippen LogP contribution in [-0.4, -0.2) is 34.8 Å². The fraction of sp³-hybridized carbons (Fsp3) is 1.00. The maximum absolute atomic E-state index is 8.42. The van der Waals surface area contributed by atoms with Crippen LogP contribution in [0.1, 0.15) is 0 Å². The van der Waals surface area contributed by atoms with Gasteiger partial charge in [0.15, 0.2) is 0 Å². The minimum Gasteiger partial charge on any atom is -0.394 e. The summed E-state index contributed by atoms with van der Waals surface area (Å²) in [5, 5.41) is 27.2. The summed E-state index contributed by atoms with van der Waals surface area (Å²) in [6, 6.07) is 0. The van der Waals surface area contributed by atoms with Crippen LogP contribution in [0.15, 0.2) is 0 Å². The average Bonchev–Trinajstić information content (AvgIpc) is 1.83. The SMILES string of the molecule is OCC(O)COOO. The highest BCUT2D eigenvalue weighted by Gasteiger charge is 2.00. The molecule has 0 rings (SSSR count). The van der Waals surface area contributed by atoms with Gasteiger partial charge in [-0.3, -0.25) is 0 Å². The van der Waals surface area contributed by atoms with Crippen LogP contribution in [0.5, 0.6) is 0 Å². The summed E-state index contributed by atoms with van der Waals surface area (Å²) < 4.78 is 0. The summed E-state index contributed by atoms with van der Waals surface area (Å²) in [6.45, 7) is -0.656. The summed E-state index contributed by atoms with van der Waals surface area (Å²) in [4.78, 5) is 3.83. The van der Waals surface area contributed by atoms with E-state index in [0.717, 1.165) is 0 Å². The molecule has 1 unspecified atom stereocenters. The van der Waals surface area contributed by atoms with E-state index < -0.39 is 12.7 Å². The molecule has 0 aromatic heterocycles. The van der Waals surface area contributed by atoms with Crippen LogP contribution in [-0.2, 0) is 9.93 Å². The van der Waals surface area contributed by atoms with Gasteiger partial charge in [-0.1, -0.05) is 5.04 Å². The second kappa shape index (κ2) is 4.95. The van der Waals surface area contributed by atoms with Gasteiger partial charge in [0.1, 0.15) is 12.7 Å². The number of hydrogen-bond donors (Lipinski definition) is 3. The molecule has 0 radical (unpaired) electrons. The quantitative estimate of drug-likeness (QED) is 0.322. The monoisotopic (exact) mass is 124 g/mol. The molecule has 0 saturated carbocycles. The van der Waals surface area contributed by atoms with Gasteiger partial charge >= 0.3 is 0 Å². The van der Waals surface area contributed by atoms with Crippen molar-refractivity contribution in [2.24, 2.45) is 0 Å². The Morgan fingerprint density at radius 1 is 1.50 bits per heavy atom. The summed E-state index contributed by atoms with van der Waals surface area (Å²) in [5.74, 6) is 0. The molecule has 1 atom stereocenters. The molecule has 8 heavy (non-hydrogen) atoms. The molecule has 5 nitrogen and oxygen atoms in total. The molecule has 50 valence electrons. The van der Waals surface area contributed by atoms with E-state index in [1.54, 1.807) is 0 Å². The average molecular weight is 124 g/mol. The maximum Gasteiger partial charge on any atom is 0.113 e. The number of rotatable bonds is 4. The van der Waals surface area contributed by atoms with E-state index in [2.05, 4.69) is 9.93 Å². The lowest BCUT2D eigenvalue weighted by Crippen LogP contribution is -2.18. The van der Waals surface area contributed by atoms with Crippen molar-refractivity contribution >= 4 is 0 Å². The van der Waals surface area contributed by atoms with Crippen molar-refractivity contribution in [2.75, 3.05) is 13.2 Å². The highest BCUT2D eigenvalue weighted by atomic mass is 17.5. The van der Waals surface area contributed by atoms with E-state index in [0.29, 0.717) is 0 Å². The van der Waals surface area contributed by atoms with Crippen LogP contribution in [0.3, 0.4) is 0 Å². The van der Waals surface area contributed by atoms with E-state index in [9.17, 15) is 0 Å². The third-order valence-electron chi connectivity index (χ3n) is 0.524. The maximum atomic E-state index is 8.42. The third-order valence-corrected chi connectivity index (χ3v) is 0.524. The van der Waals surface area contributed by atoms with E-state index in [1.165, 1.54) is 0 Å². The first-order valence-electron chi connectivity index (χ1n) is 2.03. The molecule has 0 aliphatic rings. The van der Waals surface area contributed by atoms with Crippen molar-refractivity contribution in [1.29, 1.82) is 0 Å². The normalized spacial score (nSPS) is 13.9. The van der Waals surface area contributed by atoms with Gasteiger partial charge < -0.3 is 10.2 Å². The standard InChI is InChI=1S/C3H8O5/c4-1-3(5)2-7-8-6/h3-6H,1-2H2. The zero-order chi connectivity index (χ0) is 6.41. The Morgan fingerprint density at radius 3 is 2.50 bits per heavy atom. The summed E-state index contributed by atoms with van der Waals surface area (Å²) in [6.07, 6.45) is -0.998. The molecular formula is C3H8O5. The molecule has 0 bridgehead atoms. The number of aliphatic hydroxyl groups excluding tert-OH is 2. The summed E-state index contributed by atoms with van der Waals surface area (Å²) in [7, 11) is 0. The lowest BCUT2D eigenvalue weighted by molar-refractivity contribution is -0.494. The van der Waals surface area contributed by atoms with Gasteiger partial charge in [-0.15, -0.1) is 0 Å². The first-order valence-corrected chi connectivity index (χ1v) is 2.03. The van der Waals surface area contributed by atoms with Crippen molar-refractivity contribution in [2.45, 2.75) is 6.10 Å². The predicted molar refractivity (Wildman–Crippen MR) is 22.8 cm³/mol. The van der Waals surface area contributed by atoms with Crippen LogP contribution in [0, 0.1) is 0 Å². The fourth-order valence-electron chi connectivity index (χ4n) is 0.162. The lowest BCUT2D eigenvalue weighted by Gasteiger charge is -2.01. The zero-order valence-electron chi connectivity index (χ0n) is 4.15. The molecule has 0 spiro atoms. The Balaban J connectivity index is 2.86. The minimum absolute atomic E-state index is 0.243. The summed E-state index contributed by atoms with van der Waals surface area (Å²) >= 11 is 0. The molecule has 0 aliphatic carbocycles. The third kappa shape index (κ3) is 3.97. The van der Waals surface area contributed by atoms with Crippen LogP contribution in [0.4, 0.5) is 0 Å². The molecule has 0 saturated heterocycles. The van der Waals surface area contributed by atoms with Crippen LogP contribution in [0.2, 0.25) is 0 Å². The first kappa shape index (κ1) is 7.80. The molecule has 0 fully saturated rings. The van der Waals surface area contributed by atoms with Crippen molar-refractivity contribution in [3.8, 4) is 0 Å². The van der Waals surface area contributed by atoms with Crippen LogP contribution < -0.4 is 0 Å². The van der Waals surface area contributed by atoms with Gasteiger partial charge in [0.2, 0.25) is 0 Å².